The molecule has 1 aromatic heterocycles. The molecule has 17 heavy (non-hydrogen) atoms. The SMILES string of the molecule is Cc1ccnc(Nc2cc(Cl)ccc2F)c1N. The third kappa shape index (κ3) is 2.47. The summed E-state index contributed by atoms with van der Waals surface area (Å²) in [6, 6.07) is 6.04. The van der Waals surface area contributed by atoms with Gasteiger partial charge < -0.3 is 11.1 Å². The summed E-state index contributed by atoms with van der Waals surface area (Å²) in [6.07, 6.45) is 1.61. The number of aromatic nitrogens is 1. The third-order valence-electron chi connectivity index (χ3n) is 2.39. The molecule has 5 heteroatoms. The van der Waals surface area contributed by atoms with E-state index in [4.69, 9.17) is 17.3 Å². The van der Waals surface area contributed by atoms with Crippen LogP contribution < -0.4 is 11.1 Å². The van der Waals surface area contributed by atoms with Crippen LogP contribution in [0.3, 0.4) is 0 Å². The van der Waals surface area contributed by atoms with Gasteiger partial charge in [-0.25, -0.2) is 9.37 Å². The molecule has 0 saturated heterocycles. The van der Waals surface area contributed by atoms with E-state index in [9.17, 15) is 4.39 Å². The van der Waals surface area contributed by atoms with Crippen LogP contribution in [0.5, 0.6) is 0 Å². The van der Waals surface area contributed by atoms with E-state index in [1.165, 1.54) is 18.2 Å². The highest BCUT2D eigenvalue weighted by molar-refractivity contribution is 6.30. The maximum absolute atomic E-state index is 13.5. The Morgan fingerprint density at radius 2 is 2.12 bits per heavy atom. The second-order valence-corrected chi connectivity index (χ2v) is 4.08. The molecule has 0 unspecified atom stereocenters. The highest BCUT2D eigenvalue weighted by atomic mass is 35.5. The summed E-state index contributed by atoms with van der Waals surface area (Å²) < 4.78 is 13.5. The molecule has 1 aromatic carbocycles. The summed E-state index contributed by atoms with van der Waals surface area (Å²) in [7, 11) is 0. The van der Waals surface area contributed by atoms with Gasteiger partial charge in [0.15, 0.2) is 5.82 Å². The predicted octanol–water partition coefficient (Wildman–Crippen LogP) is 3.51. The minimum atomic E-state index is -0.405. The fourth-order valence-corrected chi connectivity index (χ4v) is 1.56. The van der Waals surface area contributed by atoms with E-state index >= 15 is 0 Å². The molecule has 2 aromatic rings. The van der Waals surface area contributed by atoms with Gasteiger partial charge in [0.1, 0.15) is 5.82 Å². The molecule has 0 saturated carbocycles. The van der Waals surface area contributed by atoms with Crippen LogP contribution in [0, 0.1) is 12.7 Å². The first-order chi connectivity index (χ1) is 8.08. The number of nitrogen functional groups attached to an aromatic ring is 1. The lowest BCUT2D eigenvalue weighted by molar-refractivity contribution is 0.632. The van der Waals surface area contributed by atoms with E-state index in [1.807, 2.05) is 6.92 Å². The van der Waals surface area contributed by atoms with E-state index in [0.29, 0.717) is 16.5 Å². The van der Waals surface area contributed by atoms with E-state index in [-0.39, 0.29) is 5.69 Å². The first kappa shape index (κ1) is 11.7. The third-order valence-corrected chi connectivity index (χ3v) is 2.62. The normalized spacial score (nSPS) is 10.3. The number of hydrogen-bond donors (Lipinski definition) is 2. The lowest BCUT2D eigenvalue weighted by atomic mass is 10.2. The zero-order valence-corrected chi connectivity index (χ0v) is 9.92. The Bertz CT molecular complexity index is 557. The van der Waals surface area contributed by atoms with Gasteiger partial charge in [-0.3, -0.25) is 0 Å². The number of rotatable bonds is 2. The van der Waals surface area contributed by atoms with Crippen LogP contribution in [0.4, 0.5) is 21.6 Å². The Kier molecular flexibility index (Phi) is 3.15. The molecule has 0 bridgehead atoms. The number of anilines is 3. The number of aryl methyl sites for hydroxylation is 1. The van der Waals surface area contributed by atoms with Crippen LogP contribution >= 0.6 is 11.6 Å². The smallest absolute Gasteiger partial charge is 0.153 e. The number of halogens is 2. The van der Waals surface area contributed by atoms with Gasteiger partial charge in [0.2, 0.25) is 0 Å². The van der Waals surface area contributed by atoms with E-state index in [0.717, 1.165) is 5.56 Å². The predicted molar refractivity (Wildman–Crippen MR) is 68.1 cm³/mol. The van der Waals surface area contributed by atoms with Crippen molar-refractivity contribution in [3.63, 3.8) is 0 Å². The molecule has 3 nitrogen and oxygen atoms in total. The minimum absolute atomic E-state index is 0.252. The number of nitrogens with one attached hydrogen (secondary N) is 1. The Morgan fingerprint density at radius 3 is 2.88 bits per heavy atom. The van der Waals surface area contributed by atoms with Crippen molar-refractivity contribution in [2.45, 2.75) is 6.92 Å². The Balaban J connectivity index is 2.38. The lowest BCUT2D eigenvalue weighted by Gasteiger charge is -2.10. The van der Waals surface area contributed by atoms with Crippen molar-refractivity contribution in [2.75, 3.05) is 11.1 Å². The van der Waals surface area contributed by atoms with Gasteiger partial charge in [-0.1, -0.05) is 11.6 Å². The van der Waals surface area contributed by atoms with Gasteiger partial charge in [-0.05, 0) is 36.8 Å². The van der Waals surface area contributed by atoms with Crippen molar-refractivity contribution in [3.8, 4) is 0 Å². The average molecular weight is 252 g/mol. The zero-order valence-electron chi connectivity index (χ0n) is 9.17. The molecule has 0 radical (unpaired) electrons. The molecule has 0 aliphatic carbocycles. The maximum atomic E-state index is 13.5. The number of pyridine rings is 1. The summed E-state index contributed by atoms with van der Waals surface area (Å²) in [5.41, 5.74) is 7.46. The molecule has 0 aliphatic rings. The van der Waals surface area contributed by atoms with Gasteiger partial charge in [0, 0.05) is 11.2 Å². The van der Waals surface area contributed by atoms with Gasteiger partial charge in [0.05, 0.1) is 11.4 Å². The highest BCUT2D eigenvalue weighted by Crippen LogP contribution is 2.26. The minimum Gasteiger partial charge on any atom is -0.396 e. The van der Waals surface area contributed by atoms with E-state index in [1.54, 1.807) is 12.3 Å². The number of benzene rings is 1. The standard InChI is InChI=1S/C12H11ClFN3/c1-7-4-5-16-12(11(7)15)17-10-6-8(13)2-3-9(10)14/h2-6H,15H2,1H3,(H,16,17). The van der Waals surface area contributed by atoms with Crippen LogP contribution in [-0.2, 0) is 0 Å². The van der Waals surface area contributed by atoms with Crippen LogP contribution in [0.25, 0.3) is 0 Å². The van der Waals surface area contributed by atoms with Gasteiger partial charge in [-0.15, -0.1) is 0 Å². The van der Waals surface area contributed by atoms with E-state index < -0.39 is 5.82 Å². The Hall–Kier alpha value is -1.81. The summed E-state index contributed by atoms with van der Waals surface area (Å²) in [5, 5.41) is 3.27. The second-order valence-electron chi connectivity index (χ2n) is 3.64. The summed E-state index contributed by atoms with van der Waals surface area (Å²) in [6.45, 7) is 1.86. The van der Waals surface area contributed by atoms with Crippen molar-refractivity contribution in [3.05, 3.63) is 46.9 Å². The summed E-state index contributed by atoms with van der Waals surface area (Å²) in [4.78, 5) is 4.06. The molecule has 88 valence electrons. The monoisotopic (exact) mass is 251 g/mol. The molecule has 1 heterocycles. The molecule has 0 atom stereocenters. The van der Waals surface area contributed by atoms with Crippen molar-refractivity contribution >= 4 is 28.8 Å². The van der Waals surface area contributed by atoms with Gasteiger partial charge >= 0.3 is 0 Å². The molecule has 2 rings (SSSR count). The van der Waals surface area contributed by atoms with Crippen LogP contribution in [0.1, 0.15) is 5.56 Å². The van der Waals surface area contributed by atoms with Crippen LogP contribution in [-0.4, -0.2) is 4.98 Å². The molecule has 0 fully saturated rings. The molecular weight excluding hydrogens is 241 g/mol. The van der Waals surface area contributed by atoms with Crippen molar-refractivity contribution < 1.29 is 4.39 Å². The van der Waals surface area contributed by atoms with Crippen LogP contribution in [0.2, 0.25) is 5.02 Å². The molecule has 0 amide bonds. The summed E-state index contributed by atoms with van der Waals surface area (Å²) >= 11 is 5.80. The van der Waals surface area contributed by atoms with Gasteiger partial charge in [-0.2, -0.15) is 0 Å². The molecule has 3 N–H and O–H groups in total. The maximum Gasteiger partial charge on any atom is 0.153 e. The first-order valence-electron chi connectivity index (χ1n) is 5.01. The Morgan fingerprint density at radius 1 is 1.35 bits per heavy atom. The van der Waals surface area contributed by atoms with E-state index in [2.05, 4.69) is 10.3 Å². The fraction of sp³-hybridized carbons (Fsp3) is 0.0833. The average Bonchev–Trinajstić information content (AvgIpc) is 2.30. The lowest BCUT2D eigenvalue weighted by Crippen LogP contribution is -2.02. The molecule has 0 spiro atoms. The molecular formula is C12H11ClFN3. The van der Waals surface area contributed by atoms with Crippen molar-refractivity contribution in [1.82, 2.24) is 4.98 Å². The number of hydrogen-bond acceptors (Lipinski definition) is 3. The number of nitrogens with zero attached hydrogens (tertiary/aromatic N) is 1. The quantitative estimate of drug-likeness (QED) is 0.859. The topological polar surface area (TPSA) is 50.9 Å². The van der Waals surface area contributed by atoms with Crippen LogP contribution in [0.15, 0.2) is 30.5 Å². The zero-order chi connectivity index (χ0) is 12.4. The van der Waals surface area contributed by atoms with Crippen molar-refractivity contribution in [1.29, 1.82) is 0 Å². The fourth-order valence-electron chi connectivity index (χ4n) is 1.39. The second kappa shape index (κ2) is 4.59. The number of nitrogens with two attached hydrogens (primary N) is 1. The van der Waals surface area contributed by atoms with Crippen molar-refractivity contribution in [2.24, 2.45) is 0 Å². The summed E-state index contributed by atoms with van der Waals surface area (Å²) in [5.74, 6) is 0.0169. The Labute approximate surface area is 103 Å². The first-order valence-corrected chi connectivity index (χ1v) is 5.39. The largest absolute Gasteiger partial charge is 0.396 e. The molecule has 0 aliphatic heterocycles. The van der Waals surface area contributed by atoms with Gasteiger partial charge in [0.25, 0.3) is 0 Å². The highest BCUT2D eigenvalue weighted by Gasteiger charge is 2.07.